The largest absolute Gasteiger partial charge is 0.508 e. The van der Waals surface area contributed by atoms with Crippen LogP contribution in [0.5, 0.6) is 17.4 Å². The Kier molecular flexibility index (Phi) is 11.1. The molecule has 0 bridgehead atoms. The number of ether oxygens (including phenoxy) is 1. The van der Waals surface area contributed by atoms with Crippen LogP contribution in [0.2, 0.25) is 0 Å². The van der Waals surface area contributed by atoms with Gasteiger partial charge in [0.2, 0.25) is 5.88 Å². The van der Waals surface area contributed by atoms with E-state index in [-0.39, 0.29) is 41.1 Å². The SMILES string of the molecule is CC(C)c1nc(C(=O)NC2CCC(NC(=O)c3cc(F)cnc3Oc3cccc(-c4ccc(O)c(CN5C[C@@H](C)N[C@@H](C)C5)c4)c3)CC2)cs1. The second kappa shape index (κ2) is 15.7. The second-order valence-electron chi connectivity index (χ2n) is 13.9. The lowest BCUT2D eigenvalue weighted by Crippen LogP contribution is -2.53. The van der Waals surface area contributed by atoms with E-state index in [9.17, 15) is 19.1 Å². The fourth-order valence-corrected chi connectivity index (χ4v) is 7.60. The Balaban J connectivity index is 1.08. The summed E-state index contributed by atoms with van der Waals surface area (Å²) in [7, 11) is 0. The van der Waals surface area contributed by atoms with Gasteiger partial charge in [-0.05, 0) is 81.0 Å². The van der Waals surface area contributed by atoms with Gasteiger partial charge in [-0.3, -0.25) is 14.5 Å². The van der Waals surface area contributed by atoms with Crippen LogP contribution in [0, 0.1) is 5.82 Å². The number of hydrogen-bond acceptors (Lipinski definition) is 9. The van der Waals surface area contributed by atoms with Crippen molar-refractivity contribution in [2.45, 2.75) is 90.0 Å². The number of nitrogens with one attached hydrogen (secondary N) is 3. The molecule has 12 heteroatoms. The molecular formula is C38H45FN6O4S. The molecule has 2 fully saturated rings. The molecule has 1 saturated heterocycles. The molecule has 2 aromatic heterocycles. The second-order valence-corrected chi connectivity index (χ2v) is 14.8. The third kappa shape index (κ3) is 8.85. The molecule has 2 aromatic carbocycles. The number of amides is 2. The molecule has 4 N–H and O–H groups in total. The van der Waals surface area contributed by atoms with Crippen molar-refractivity contribution >= 4 is 23.2 Å². The summed E-state index contributed by atoms with van der Waals surface area (Å²) in [5.74, 6) is -0.339. The van der Waals surface area contributed by atoms with Gasteiger partial charge >= 0.3 is 0 Å². The van der Waals surface area contributed by atoms with E-state index in [2.05, 4.69) is 44.7 Å². The van der Waals surface area contributed by atoms with Crippen LogP contribution in [0.1, 0.15) is 90.7 Å². The number of phenolic OH excluding ortho intramolecular Hbond substituents is 1. The molecule has 2 atom stereocenters. The van der Waals surface area contributed by atoms with Crippen LogP contribution in [-0.2, 0) is 6.54 Å². The molecule has 0 spiro atoms. The Labute approximate surface area is 296 Å². The average Bonchev–Trinajstić information content (AvgIpc) is 3.59. The summed E-state index contributed by atoms with van der Waals surface area (Å²) in [6, 6.07) is 14.7. The van der Waals surface area contributed by atoms with Crippen LogP contribution in [0.4, 0.5) is 4.39 Å². The van der Waals surface area contributed by atoms with Crippen molar-refractivity contribution in [1.82, 2.24) is 30.8 Å². The Morgan fingerprint density at radius 3 is 2.36 bits per heavy atom. The fraction of sp³-hybridized carbons (Fsp3) is 0.421. The maximum absolute atomic E-state index is 14.4. The topological polar surface area (TPSA) is 129 Å². The van der Waals surface area contributed by atoms with Crippen LogP contribution < -0.4 is 20.7 Å². The van der Waals surface area contributed by atoms with E-state index >= 15 is 0 Å². The lowest BCUT2D eigenvalue weighted by molar-refractivity contribution is 0.0888. The number of carbonyl (C=O) groups excluding carboxylic acids is 2. The summed E-state index contributed by atoms with van der Waals surface area (Å²) in [6.07, 6.45) is 3.74. The van der Waals surface area contributed by atoms with Crippen LogP contribution in [0.3, 0.4) is 0 Å². The van der Waals surface area contributed by atoms with Crippen LogP contribution in [0.25, 0.3) is 11.1 Å². The first-order chi connectivity index (χ1) is 24.0. The molecule has 1 saturated carbocycles. The lowest BCUT2D eigenvalue weighted by atomic mass is 9.91. The summed E-state index contributed by atoms with van der Waals surface area (Å²) >= 11 is 1.49. The number of hydrogen-bond donors (Lipinski definition) is 4. The minimum absolute atomic E-state index is 0.000582. The van der Waals surface area contributed by atoms with E-state index in [0.717, 1.165) is 47.1 Å². The number of nitrogens with zero attached hydrogens (tertiary/aromatic N) is 3. The van der Waals surface area contributed by atoms with E-state index in [4.69, 9.17) is 4.74 Å². The molecule has 1 aliphatic carbocycles. The average molecular weight is 701 g/mol. The molecule has 3 heterocycles. The first kappa shape index (κ1) is 35.4. The lowest BCUT2D eigenvalue weighted by Gasteiger charge is -2.36. The summed E-state index contributed by atoms with van der Waals surface area (Å²) < 4.78 is 20.5. The van der Waals surface area contributed by atoms with Crippen LogP contribution in [-0.4, -0.2) is 69.0 Å². The maximum atomic E-state index is 14.4. The molecule has 4 aromatic rings. The molecule has 0 unspecified atom stereocenters. The molecule has 2 amide bonds. The Hall–Kier alpha value is -4.39. The highest BCUT2D eigenvalue weighted by atomic mass is 32.1. The smallest absolute Gasteiger partial charge is 0.270 e. The van der Waals surface area contributed by atoms with E-state index in [1.807, 2.05) is 44.2 Å². The zero-order valence-corrected chi connectivity index (χ0v) is 29.7. The van der Waals surface area contributed by atoms with Gasteiger partial charge in [0.1, 0.15) is 28.6 Å². The van der Waals surface area contributed by atoms with Gasteiger partial charge in [-0.25, -0.2) is 14.4 Å². The van der Waals surface area contributed by atoms with Crippen molar-refractivity contribution in [1.29, 1.82) is 0 Å². The first-order valence-corrected chi connectivity index (χ1v) is 18.2. The molecular weight excluding hydrogens is 656 g/mol. The van der Waals surface area contributed by atoms with E-state index < -0.39 is 11.7 Å². The highest BCUT2D eigenvalue weighted by molar-refractivity contribution is 7.09. The van der Waals surface area contributed by atoms with Gasteiger partial charge in [-0.2, -0.15) is 0 Å². The van der Waals surface area contributed by atoms with Crippen molar-refractivity contribution in [3.63, 3.8) is 0 Å². The molecule has 0 radical (unpaired) electrons. The number of phenols is 1. The van der Waals surface area contributed by atoms with E-state index in [0.29, 0.717) is 55.8 Å². The molecule has 10 nitrogen and oxygen atoms in total. The van der Waals surface area contributed by atoms with Gasteiger partial charge in [0.05, 0.1) is 11.2 Å². The van der Waals surface area contributed by atoms with Gasteiger partial charge in [-0.1, -0.05) is 32.0 Å². The minimum Gasteiger partial charge on any atom is -0.508 e. The number of pyridine rings is 1. The summed E-state index contributed by atoms with van der Waals surface area (Å²) in [5, 5.41) is 23.0. The zero-order chi connectivity index (χ0) is 35.4. The first-order valence-electron chi connectivity index (χ1n) is 17.3. The van der Waals surface area contributed by atoms with Crippen molar-refractivity contribution in [2.24, 2.45) is 0 Å². The standard InChI is InChI=1S/C38H45FN6O4S/c1-22(2)38-44-33(21-50-38)36(48)43-30-11-9-29(10-12-30)42-35(47)32-16-28(39)17-40-37(32)49-31-7-5-6-25(15-31)26-8-13-34(46)27(14-26)20-45-18-23(3)41-24(4)19-45/h5-8,13-17,21-24,29-30,41,46H,9-12,18-20H2,1-4H3,(H,42,47)(H,43,48)/t23-,24+,29?,30?. The van der Waals surface area contributed by atoms with Gasteiger partial charge in [0, 0.05) is 60.7 Å². The number of aromatic nitrogens is 2. The zero-order valence-electron chi connectivity index (χ0n) is 28.9. The third-order valence-electron chi connectivity index (χ3n) is 9.20. The molecule has 264 valence electrons. The van der Waals surface area contributed by atoms with Gasteiger partial charge < -0.3 is 25.8 Å². The predicted molar refractivity (Wildman–Crippen MR) is 192 cm³/mol. The normalized spacial score (nSPS) is 21.2. The van der Waals surface area contributed by atoms with E-state index in [1.165, 1.54) is 11.3 Å². The van der Waals surface area contributed by atoms with Crippen molar-refractivity contribution in [3.05, 3.63) is 87.8 Å². The number of rotatable bonds is 10. The predicted octanol–water partition coefficient (Wildman–Crippen LogP) is 6.62. The summed E-state index contributed by atoms with van der Waals surface area (Å²) in [6.45, 7) is 10.8. The van der Waals surface area contributed by atoms with E-state index in [1.54, 1.807) is 17.5 Å². The maximum Gasteiger partial charge on any atom is 0.270 e. The Bertz CT molecular complexity index is 1810. The van der Waals surface area contributed by atoms with Gasteiger partial charge in [-0.15, -0.1) is 11.3 Å². The monoisotopic (exact) mass is 700 g/mol. The number of thiazole rings is 1. The van der Waals surface area contributed by atoms with Crippen LogP contribution in [0.15, 0.2) is 60.1 Å². The number of halogens is 1. The highest BCUT2D eigenvalue weighted by Crippen LogP contribution is 2.32. The molecule has 2 aliphatic rings. The number of piperazine rings is 1. The third-order valence-corrected chi connectivity index (χ3v) is 10.3. The molecule has 50 heavy (non-hydrogen) atoms. The fourth-order valence-electron chi connectivity index (χ4n) is 6.79. The van der Waals surface area contributed by atoms with Gasteiger partial charge in [0.15, 0.2) is 0 Å². The molecule has 1 aliphatic heterocycles. The van der Waals surface area contributed by atoms with Crippen molar-refractivity contribution in [2.75, 3.05) is 13.1 Å². The van der Waals surface area contributed by atoms with Crippen molar-refractivity contribution in [3.8, 4) is 28.5 Å². The highest BCUT2D eigenvalue weighted by Gasteiger charge is 2.27. The molecule has 6 rings (SSSR count). The Morgan fingerprint density at radius 2 is 1.68 bits per heavy atom. The van der Waals surface area contributed by atoms with Crippen molar-refractivity contribution < 1.29 is 23.8 Å². The minimum atomic E-state index is -0.643. The number of benzene rings is 2. The Morgan fingerprint density at radius 1 is 1.00 bits per heavy atom. The quantitative estimate of drug-likeness (QED) is 0.145. The van der Waals surface area contributed by atoms with Gasteiger partial charge in [0.25, 0.3) is 11.8 Å². The van der Waals surface area contributed by atoms with Crippen LogP contribution >= 0.6 is 11.3 Å². The number of aromatic hydroxyl groups is 1. The summed E-state index contributed by atoms with van der Waals surface area (Å²) in [5.41, 5.74) is 3.04. The number of carbonyl (C=O) groups is 2. The summed E-state index contributed by atoms with van der Waals surface area (Å²) in [4.78, 5) is 37.1.